The summed E-state index contributed by atoms with van der Waals surface area (Å²) in [6, 6.07) is 3.71. The Morgan fingerprint density at radius 1 is 1.04 bits per heavy atom. The van der Waals surface area contributed by atoms with Crippen molar-refractivity contribution >= 4 is 15.9 Å². The predicted molar refractivity (Wildman–Crippen MR) is 108 cm³/mol. The van der Waals surface area contributed by atoms with E-state index in [1.54, 1.807) is 10.4 Å². The first-order chi connectivity index (χ1) is 13.1. The van der Waals surface area contributed by atoms with Gasteiger partial charge in [-0.05, 0) is 75.8 Å². The van der Waals surface area contributed by atoms with Crippen molar-refractivity contribution in [2.45, 2.75) is 58.4 Å². The molecule has 1 aromatic carbocycles. The molecule has 6 nitrogen and oxygen atoms in total. The highest BCUT2D eigenvalue weighted by atomic mass is 32.2. The van der Waals surface area contributed by atoms with Gasteiger partial charge in [0.15, 0.2) is 5.76 Å². The summed E-state index contributed by atoms with van der Waals surface area (Å²) in [4.78, 5) is 12.8. The van der Waals surface area contributed by atoms with Gasteiger partial charge in [0.05, 0.1) is 11.2 Å². The Labute approximate surface area is 167 Å². The molecule has 0 atom stereocenters. The molecule has 1 saturated heterocycles. The summed E-state index contributed by atoms with van der Waals surface area (Å²) in [6.07, 6.45) is 2.65. The van der Waals surface area contributed by atoms with Gasteiger partial charge in [-0.2, -0.15) is 4.31 Å². The van der Waals surface area contributed by atoms with Crippen molar-refractivity contribution < 1.29 is 17.6 Å². The van der Waals surface area contributed by atoms with Crippen molar-refractivity contribution in [2.24, 2.45) is 0 Å². The lowest BCUT2D eigenvalue weighted by atomic mass is 10.0. The van der Waals surface area contributed by atoms with E-state index in [4.69, 9.17) is 4.42 Å². The third-order valence-corrected chi connectivity index (χ3v) is 7.93. The second-order valence-corrected chi connectivity index (χ2v) is 9.55. The summed E-state index contributed by atoms with van der Waals surface area (Å²) in [5, 5.41) is 2.96. The number of nitrogens with zero attached hydrogens (tertiary/aromatic N) is 1. The van der Waals surface area contributed by atoms with Crippen molar-refractivity contribution in [2.75, 3.05) is 13.1 Å². The smallest absolute Gasteiger partial charge is 0.287 e. The van der Waals surface area contributed by atoms with E-state index in [2.05, 4.69) is 5.32 Å². The second-order valence-electron chi connectivity index (χ2n) is 7.67. The molecule has 2 heterocycles. The third kappa shape index (κ3) is 3.73. The van der Waals surface area contributed by atoms with E-state index in [0.29, 0.717) is 36.6 Å². The lowest BCUT2D eigenvalue weighted by molar-refractivity contribution is 0.0895. The molecule has 7 heteroatoms. The maximum absolute atomic E-state index is 13.3. The number of hydrogen-bond donors (Lipinski definition) is 1. The zero-order valence-electron chi connectivity index (χ0n) is 17.1. The Kier molecular flexibility index (Phi) is 5.68. The van der Waals surface area contributed by atoms with Crippen LogP contribution >= 0.6 is 0 Å². The molecule has 1 N–H and O–H groups in total. The lowest BCUT2D eigenvalue weighted by Gasteiger charge is -2.32. The Balaban J connectivity index is 1.73. The molecule has 2 aromatic rings. The van der Waals surface area contributed by atoms with Gasteiger partial charge in [0.25, 0.3) is 5.91 Å². The first-order valence-corrected chi connectivity index (χ1v) is 11.0. The number of nitrogens with one attached hydrogen (secondary N) is 1. The zero-order chi connectivity index (χ0) is 20.6. The molecule has 0 radical (unpaired) electrons. The predicted octanol–water partition coefficient (Wildman–Crippen LogP) is 3.40. The van der Waals surface area contributed by atoms with E-state index < -0.39 is 10.0 Å². The van der Waals surface area contributed by atoms with Gasteiger partial charge in [-0.25, -0.2) is 8.42 Å². The highest BCUT2D eigenvalue weighted by Gasteiger charge is 2.33. The van der Waals surface area contributed by atoms with E-state index in [-0.39, 0.29) is 11.9 Å². The van der Waals surface area contributed by atoms with E-state index >= 15 is 0 Å². The molecular formula is C21H28N2O4S. The number of hydrogen-bond acceptors (Lipinski definition) is 4. The third-order valence-electron chi connectivity index (χ3n) is 5.75. The number of piperidine rings is 1. The Morgan fingerprint density at radius 2 is 1.61 bits per heavy atom. The summed E-state index contributed by atoms with van der Waals surface area (Å²) < 4.78 is 33.4. The second kappa shape index (κ2) is 7.72. The maximum atomic E-state index is 13.3. The molecule has 1 aliphatic rings. The lowest BCUT2D eigenvalue weighted by Crippen LogP contribution is -2.46. The van der Waals surface area contributed by atoms with Crippen molar-refractivity contribution in [1.29, 1.82) is 0 Å². The molecule has 0 saturated carbocycles. The van der Waals surface area contributed by atoms with Crippen molar-refractivity contribution in [1.82, 2.24) is 9.62 Å². The van der Waals surface area contributed by atoms with Gasteiger partial charge in [-0.3, -0.25) is 4.79 Å². The van der Waals surface area contributed by atoms with E-state index in [1.807, 2.05) is 40.7 Å². The van der Waals surface area contributed by atoms with Crippen LogP contribution in [0.5, 0.6) is 0 Å². The normalized spacial score (nSPS) is 16.3. The standard InChI is InChI=1S/C21H28N2O4S/c1-13-8-11-27-19(13)21(24)22-18-6-9-23(10-7-18)28(25,26)20-16(4)14(2)12-15(3)17(20)5/h8,11-12,18H,6-7,9-10H2,1-5H3,(H,22,24). The summed E-state index contributed by atoms with van der Waals surface area (Å²) in [5.74, 6) is 0.0707. The number of rotatable bonds is 4. The molecule has 0 unspecified atom stereocenters. The summed E-state index contributed by atoms with van der Waals surface area (Å²) >= 11 is 0. The van der Waals surface area contributed by atoms with Crippen LogP contribution < -0.4 is 5.32 Å². The molecule has 0 bridgehead atoms. The van der Waals surface area contributed by atoms with Crippen LogP contribution in [0.4, 0.5) is 0 Å². The average Bonchev–Trinajstić information content (AvgIpc) is 3.06. The molecule has 3 rings (SSSR count). The maximum Gasteiger partial charge on any atom is 0.287 e. The summed E-state index contributed by atoms with van der Waals surface area (Å²) in [6.45, 7) is 10.2. The van der Waals surface area contributed by atoms with Gasteiger partial charge in [0.2, 0.25) is 10.0 Å². The van der Waals surface area contributed by atoms with Gasteiger partial charge in [-0.1, -0.05) is 6.07 Å². The van der Waals surface area contributed by atoms with Crippen LogP contribution in [0.3, 0.4) is 0 Å². The fourth-order valence-corrected chi connectivity index (χ4v) is 5.84. The van der Waals surface area contributed by atoms with E-state index in [1.165, 1.54) is 6.26 Å². The van der Waals surface area contributed by atoms with Crippen LogP contribution in [0.2, 0.25) is 0 Å². The number of amides is 1. The van der Waals surface area contributed by atoms with Crippen molar-refractivity contribution in [3.05, 3.63) is 52.0 Å². The summed E-state index contributed by atoms with van der Waals surface area (Å²) in [7, 11) is -3.57. The fraction of sp³-hybridized carbons (Fsp3) is 0.476. The van der Waals surface area contributed by atoms with Crippen LogP contribution in [0.25, 0.3) is 0 Å². The van der Waals surface area contributed by atoms with Gasteiger partial charge < -0.3 is 9.73 Å². The monoisotopic (exact) mass is 404 g/mol. The molecule has 0 spiro atoms. The summed E-state index contributed by atoms with van der Waals surface area (Å²) in [5.41, 5.74) is 4.38. The quantitative estimate of drug-likeness (QED) is 0.847. The Hall–Kier alpha value is -2.12. The van der Waals surface area contributed by atoms with Gasteiger partial charge in [0.1, 0.15) is 0 Å². The van der Waals surface area contributed by atoms with Crippen LogP contribution in [0, 0.1) is 34.6 Å². The van der Waals surface area contributed by atoms with Crippen LogP contribution in [-0.4, -0.2) is 37.8 Å². The number of sulfonamides is 1. The highest BCUT2D eigenvalue weighted by molar-refractivity contribution is 7.89. The fourth-order valence-electron chi connectivity index (χ4n) is 3.79. The number of benzene rings is 1. The number of furan rings is 1. The highest BCUT2D eigenvalue weighted by Crippen LogP contribution is 2.30. The minimum atomic E-state index is -3.57. The largest absolute Gasteiger partial charge is 0.459 e. The SMILES string of the molecule is Cc1ccoc1C(=O)NC1CCN(S(=O)(=O)c2c(C)c(C)cc(C)c2C)CC1. The van der Waals surface area contributed by atoms with E-state index in [0.717, 1.165) is 27.8 Å². The molecule has 152 valence electrons. The minimum absolute atomic E-state index is 0.0649. The molecular weight excluding hydrogens is 376 g/mol. The number of carbonyl (C=O) groups is 1. The first-order valence-electron chi connectivity index (χ1n) is 9.55. The average molecular weight is 405 g/mol. The van der Waals surface area contributed by atoms with Crippen LogP contribution in [-0.2, 0) is 10.0 Å². The van der Waals surface area contributed by atoms with Crippen LogP contribution in [0.1, 0.15) is 51.2 Å². The minimum Gasteiger partial charge on any atom is -0.459 e. The molecule has 28 heavy (non-hydrogen) atoms. The number of aryl methyl sites for hydroxylation is 3. The van der Waals surface area contributed by atoms with Crippen LogP contribution in [0.15, 0.2) is 27.7 Å². The van der Waals surface area contributed by atoms with Gasteiger partial charge in [0, 0.05) is 24.7 Å². The molecule has 0 aliphatic carbocycles. The number of carbonyl (C=O) groups excluding carboxylic acids is 1. The molecule has 1 aromatic heterocycles. The topological polar surface area (TPSA) is 79.6 Å². The van der Waals surface area contributed by atoms with Crippen molar-refractivity contribution in [3.63, 3.8) is 0 Å². The molecule has 1 fully saturated rings. The van der Waals surface area contributed by atoms with Crippen molar-refractivity contribution in [3.8, 4) is 0 Å². The Morgan fingerprint density at radius 3 is 2.11 bits per heavy atom. The van der Waals surface area contributed by atoms with E-state index in [9.17, 15) is 13.2 Å². The van der Waals surface area contributed by atoms with Gasteiger partial charge >= 0.3 is 0 Å². The first kappa shape index (κ1) is 20.6. The molecule has 1 aliphatic heterocycles. The molecule has 1 amide bonds. The van der Waals surface area contributed by atoms with Gasteiger partial charge in [-0.15, -0.1) is 0 Å². The Bertz CT molecular complexity index is 973. The zero-order valence-corrected chi connectivity index (χ0v) is 17.9.